The van der Waals surface area contributed by atoms with E-state index in [2.05, 4.69) is 35.8 Å². The van der Waals surface area contributed by atoms with Gasteiger partial charge in [-0.15, -0.1) is 11.3 Å². The molecule has 0 spiro atoms. The Hall–Kier alpha value is -7.24. The maximum Gasteiger partial charge on any atom is 0.417 e. The Morgan fingerprint density at radius 3 is 2.18 bits per heavy atom. The van der Waals surface area contributed by atoms with Crippen LogP contribution in [0.3, 0.4) is 0 Å². The van der Waals surface area contributed by atoms with Crippen molar-refractivity contribution in [2.45, 2.75) is 104 Å². The summed E-state index contributed by atoms with van der Waals surface area (Å²) in [6.07, 6.45) is -4.10. The number of carbonyl (C=O) groups excluding carboxylic acids is 5. The van der Waals surface area contributed by atoms with Gasteiger partial charge in [-0.2, -0.15) is 13.2 Å². The van der Waals surface area contributed by atoms with Crippen molar-refractivity contribution < 1.29 is 46.6 Å². The molecule has 0 bridgehead atoms. The number of anilines is 3. The molecule has 3 aliphatic rings. The summed E-state index contributed by atoms with van der Waals surface area (Å²) in [6.45, 7) is 13.6. The smallest absolute Gasteiger partial charge is 0.391 e. The summed E-state index contributed by atoms with van der Waals surface area (Å²) in [5.41, 5.74) is 1.19. The van der Waals surface area contributed by atoms with Gasteiger partial charge in [0, 0.05) is 113 Å². The monoisotopic (exact) mass is 1100 g/mol. The fourth-order valence-corrected chi connectivity index (χ4v) is 11.0. The lowest BCUT2D eigenvalue weighted by atomic mass is 9.85. The lowest BCUT2D eigenvalue weighted by Crippen LogP contribution is -2.57. The van der Waals surface area contributed by atoms with Gasteiger partial charge in [-0.05, 0) is 68.6 Å². The number of likely N-dealkylation sites (N-methyl/N-ethyl adjacent to an activating group) is 1. The molecule has 18 nitrogen and oxygen atoms in total. The van der Waals surface area contributed by atoms with E-state index in [-0.39, 0.29) is 67.3 Å². The van der Waals surface area contributed by atoms with E-state index in [1.807, 2.05) is 61.9 Å². The maximum atomic E-state index is 16.3. The van der Waals surface area contributed by atoms with Gasteiger partial charge in [0.15, 0.2) is 0 Å². The lowest BCUT2D eigenvalue weighted by molar-refractivity contribution is -0.144. The SMILES string of the molecule is Cc1ncsc1-c1ccc(CNC(=O)[C@@H]2C[C@@H](O)CN2C(=O)[C@@H](NC(=O)CCC(=O)N2CCN(c3ccc(-c4cc(NC(=O)c5c[nH]c(=O)cc5C(F)(F)F)c(N5C[C@@H](C)N(C)[C@@H](C)C5)cc4F)cn3)CC2)C(C)(C)C)cc1. The number of aromatic amines is 1. The molecular formula is C55H65F4N11O7S. The average molecular weight is 1100 g/mol. The quantitative estimate of drug-likeness (QED) is 0.0805. The molecule has 5 atom stereocenters. The normalized spacial score (nSPS) is 19.6. The Kier molecular flexibility index (Phi) is 17.1. The minimum atomic E-state index is -5.01. The highest BCUT2D eigenvalue weighted by molar-refractivity contribution is 7.13. The molecule has 0 unspecified atom stereocenters. The van der Waals surface area contributed by atoms with Gasteiger partial charge in [0.25, 0.3) is 5.91 Å². The van der Waals surface area contributed by atoms with Crippen molar-refractivity contribution in [1.29, 1.82) is 0 Å². The summed E-state index contributed by atoms with van der Waals surface area (Å²) in [5.74, 6) is -3.01. The van der Waals surface area contributed by atoms with Gasteiger partial charge in [-0.25, -0.2) is 14.4 Å². The molecule has 0 radical (unpaired) electrons. The van der Waals surface area contributed by atoms with Crippen molar-refractivity contribution in [3.8, 4) is 21.6 Å². The zero-order chi connectivity index (χ0) is 56.4. The van der Waals surface area contributed by atoms with E-state index in [0.717, 1.165) is 21.7 Å². The number of β-amino-alcohol motifs (C(OH)–C–C–N with tert-alkyl or cyclic N) is 1. The Balaban J connectivity index is 0.863. The predicted molar refractivity (Wildman–Crippen MR) is 288 cm³/mol. The van der Waals surface area contributed by atoms with Crippen LogP contribution in [0.5, 0.6) is 0 Å². The first-order valence-corrected chi connectivity index (χ1v) is 26.7. The number of likely N-dealkylation sites (tertiary alicyclic amines) is 1. The molecule has 3 aromatic heterocycles. The van der Waals surface area contributed by atoms with Gasteiger partial charge in [0.05, 0.1) is 44.7 Å². The fraction of sp³-hybridized carbons (Fsp3) is 0.455. The van der Waals surface area contributed by atoms with Crippen LogP contribution in [0, 0.1) is 18.2 Å². The van der Waals surface area contributed by atoms with Gasteiger partial charge in [-0.3, -0.25) is 33.7 Å². The fourth-order valence-electron chi connectivity index (χ4n) is 10.1. The van der Waals surface area contributed by atoms with Crippen molar-refractivity contribution >= 4 is 58.1 Å². The zero-order valence-electron chi connectivity index (χ0n) is 44.5. The number of hydrogen-bond acceptors (Lipinski definition) is 13. The number of aromatic nitrogens is 3. The molecule has 5 N–H and O–H groups in total. The topological polar surface area (TPSA) is 217 Å². The average Bonchev–Trinajstić information content (AvgIpc) is 4.04. The summed E-state index contributed by atoms with van der Waals surface area (Å²) >= 11 is 1.54. The summed E-state index contributed by atoms with van der Waals surface area (Å²) in [7, 11) is 1.96. The Bertz CT molecular complexity index is 3070. The van der Waals surface area contributed by atoms with Crippen LogP contribution in [0.4, 0.5) is 34.8 Å². The number of nitrogens with zero attached hydrogens (tertiary/aromatic N) is 7. The highest BCUT2D eigenvalue weighted by atomic mass is 32.1. The highest BCUT2D eigenvalue weighted by Gasteiger charge is 2.45. The third-order valence-corrected chi connectivity index (χ3v) is 15.8. The molecule has 0 saturated carbocycles. The number of piperazine rings is 2. The highest BCUT2D eigenvalue weighted by Crippen LogP contribution is 2.38. The van der Waals surface area contributed by atoms with Crippen LogP contribution in [0.2, 0.25) is 0 Å². The molecule has 416 valence electrons. The van der Waals surface area contributed by atoms with E-state index in [4.69, 9.17) is 0 Å². The van der Waals surface area contributed by atoms with Crippen LogP contribution in [0.15, 0.2) is 77.3 Å². The number of pyridine rings is 2. The number of nitrogens with one attached hydrogen (secondary N) is 4. The van der Waals surface area contributed by atoms with E-state index in [9.17, 15) is 47.0 Å². The number of aliphatic hydroxyl groups is 1. The van der Waals surface area contributed by atoms with Crippen molar-refractivity contribution in [3.63, 3.8) is 0 Å². The molecule has 78 heavy (non-hydrogen) atoms. The largest absolute Gasteiger partial charge is 0.417 e. The van der Waals surface area contributed by atoms with Crippen LogP contribution in [0.1, 0.15) is 81.1 Å². The molecule has 0 aliphatic carbocycles. The maximum absolute atomic E-state index is 16.3. The summed E-state index contributed by atoms with van der Waals surface area (Å²) in [6, 6.07) is 12.0. The molecule has 5 aromatic rings. The number of H-pyrrole nitrogens is 1. The van der Waals surface area contributed by atoms with Gasteiger partial charge in [-0.1, -0.05) is 45.0 Å². The molecule has 6 heterocycles. The van der Waals surface area contributed by atoms with Crippen LogP contribution < -0.4 is 31.3 Å². The summed E-state index contributed by atoms with van der Waals surface area (Å²) < 4.78 is 58.3. The van der Waals surface area contributed by atoms with E-state index in [1.165, 1.54) is 23.2 Å². The Morgan fingerprint density at radius 1 is 0.885 bits per heavy atom. The number of alkyl halides is 3. The number of carbonyl (C=O) groups is 5. The summed E-state index contributed by atoms with van der Waals surface area (Å²) in [5, 5.41) is 18.9. The van der Waals surface area contributed by atoms with E-state index in [0.29, 0.717) is 62.9 Å². The van der Waals surface area contributed by atoms with E-state index < -0.39 is 75.9 Å². The van der Waals surface area contributed by atoms with E-state index in [1.54, 1.807) is 54.7 Å². The molecule has 8 rings (SSSR count). The lowest BCUT2D eigenvalue weighted by Gasteiger charge is -2.44. The van der Waals surface area contributed by atoms with Crippen molar-refractivity contribution in [3.05, 3.63) is 111 Å². The van der Waals surface area contributed by atoms with Gasteiger partial charge in [0.2, 0.25) is 29.2 Å². The third-order valence-electron chi connectivity index (χ3n) is 14.8. The molecule has 3 fully saturated rings. The Morgan fingerprint density at radius 2 is 1.56 bits per heavy atom. The van der Waals surface area contributed by atoms with Crippen LogP contribution >= 0.6 is 11.3 Å². The van der Waals surface area contributed by atoms with Gasteiger partial charge in [0.1, 0.15) is 23.7 Å². The molecule has 5 amide bonds. The summed E-state index contributed by atoms with van der Waals surface area (Å²) in [4.78, 5) is 101. The third kappa shape index (κ3) is 13.0. The van der Waals surface area contributed by atoms with Crippen molar-refractivity contribution in [1.82, 2.24) is 40.3 Å². The molecule has 3 aliphatic heterocycles. The number of halogens is 4. The van der Waals surface area contributed by atoms with Crippen molar-refractivity contribution in [2.75, 3.05) is 68.0 Å². The number of amides is 5. The number of benzene rings is 2. The van der Waals surface area contributed by atoms with Crippen LogP contribution in [-0.2, 0) is 31.9 Å². The number of hydrogen-bond donors (Lipinski definition) is 5. The minimum Gasteiger partial charge on any atom is -0.391 e. The van der Waals surface area contributed by atoms with Gasteiger partial charge < -0.3 is 45.6 Å². The molecule has 23 heteroatoms. The first kappa shape index (κ1) is 56.9. The second kappa shape index (κ2) is 23.4. The predicted octanol–water partition coefficient (Wildman–Crippen LogP) is 6.05. The first-order chi connectivity index (χ1) is 36.9. The standard InChI is InChI=1S/C55H65F4N11O7S/c1-31-27-69(28-32(2)66(31)7)43-23-41(56)38(21-42(43)64-51(75)39-26-61-47(73)22-40(39)55(57,58)59)36-12-13-45(60-25-36)67-16-18-68(19-17-67)48(74)15-14-46(72)65-50(54(4,5)6)53(77)70-29-37(71)20-44(70)52(76)62-24-34-8-10-35(11-9-34)49-33(3)63-30-78-49/h8-13,21-23,25-26,30-32,37,44,50,71H,14-20,24,27-29H2,1-7H3,(H,61,73)(H,62,76)(H,64,75)(H,65,72)/t31-,32+,37-,44+,50-/m1/s1. The zero-order valence-corrected chi connectivity index (χ0v) is 45.4. The van der Waals surface area contributed by atoms with Crippen molar-refractivity contribution in [2.24, 2.45) is 5.41 Å². The number of aliphatic hydroxyl groups excluding tert-OH is 1. The van der Waals surface area contributed by atoms with Crippen LogP contribution in [0.25, 0.3) is 21.6 Å². The molecule has 3 saturated heterocycles. The van der Waals surface area contributed by atoms with Gasteiger partial charge >= 0.3 is 6.18 Å². The van der Waals surface area contributed by atoms with E-state index >= 15 is 4.39 Å². The Labute approximate surface area is 453 Å². The molecule has 2 aromatic carbocycles. The first-order valence-electron chi connectivity index (χ1n) is 25.8. The minimum absolute atomic E-state index is 0.0153. The number of thiazole rings is 1. The number of rotatable bonds is 14. The second-order valence-corrected chi connectivity index (χ2v) is 22.3. The van der Waals surface area contributed by atoms with Crippen LogP contribution in [-0.4, -0.2) is 147 Å². The number of aryl methyl sites for hydroxylation is 1. The molecular weight excluding hydrogens is 1030 g/mol. The second-order valence-electron chi connectivity index (χ2n) is 21.4.